The van der Waals surface area contributed by atoms with Gasteiger partial charge in [-0.1, -0.05) is 12.1 Å². The number of nitrogens with one attached hydrogen (secondary N) is 1. The first kappa shape index (κ1) is 18.7. The van der Waals surface area contributed by atoms with Crippen LogP contribution in [0, 0.1) is 0 Å². The van der Waals surface area contributed by atoms with E-state index in [1.165, 1.54) is 5.56 Å². The molecule has 1 aliphatic rings. The van der Waals surface area contributed by atoms with Crippen LogP contribution in [0.3, 0.4) is 0 Å². The Bertz CT molecular complexity index is 499. The summed E-state index contributed by atoms with van der Waals surface area (Å²) in [6.07, 6.45) is 0. The zero-order chi connectivity index (χ0) is 17.4. The summed E-state index contributed by atoms with van der Waals surface area (Å²) >= 11 is 0. The molecule has 1 aromatic rings. The van der Waals surface area contributed by atoms with Gasteiger partial charge >= 0.3 is 0 Å². The highest BCUT2D eigenvalue weighted by atomic mass is 16.5. The molecule has 6 nitrogen and oxygen atoms in total. The number of benzene rings is 1. The number of carbonyl (C=O) groups excluding carboxylic acids is 1. The van der Waals surface area contributed by atoms with Crippen LogP contribution in [0.4, 0.5) is 0 Å². The minimum absolute atomic E-state index is 0.0653. The van der Waals surface area contributed by atoms with E-state index in [-0.39, 0.29) is 18.6 Å². The van der Waals surface area contributed by atoms with Gasteiger partial charge in [0.25, 0.3) is 0 Å². The zero-order valence-corrected chi connectivity index (χ0v) is 15.0. The molecule has 0 aliphatic carbocycles. The van der Waals surface area contributed by atoms with Crippen LogP contribution in [0.5, 0.6) is 5.75 Å². The van der Waals surface area contributed by atoms with E-state index in [0.717, 1.165) is 31.9 Å². The van der Waals surface area contributed by atoms with Gasteiger partial charge in [0.05, 0.1) is 13.2 Å². The third kappa shape index (κ3) is 5.47. The topological polar surface area (TPSA) is 54.0 Å². The van der Waals surface area contributed by atoms with Crippen LogP contribution in [0.25, 0.3) is 0 Å². The lowest BCUT2D eigenvalue weighted by Crippen LogP contribution is -2.48. The van der Waals surface area contributed by atoms with Crippen molar-refractivity contribution in [1.29, 1.82) is 0 Å². The molecular weight excluding hydrogens is 306 g/mol. The third-order valence-corrected chi connectivity index (χ3v) is 4.41. The van der Waals surface area contributed by atoms with Crippen LogP contribution in [0.1, 0.15) is 18.5 Å². The molecule has 0 aromatic heterocycles. The summed E-state index contributed by atoms with van der Waals surface area (Å²) in [7, 11) is 3.81. The van der Waals surface area contributed by atoms with Crippen molar-refractivity contribution in [2.45, 2.75) is 13.0 Å². The van der Waals surface area contributed by atoms with Crippen molar-refractivity contribution in [3.63, 3.8) is 0 Å². The average Bonchev–Trinajstić information content (AvgIpc) is 2.62. The normalized spacial score (nSPS) is 17.5. The van der Waals surface area contributed by atoms with Crippen LogP contribution in [-0.4, -0.2) is 75.8 Å². The fourth-order valence-electron chi connectivity index (χ4n) is 2.87. The van der Waals surface area contributed by atoms with Crippen LogP contribution in [-0.2, 0) is 9.53 Å². The number of amides is 1. The summed E-state index contributed by atoms with van der Waals surface area (Å²) < 4.78 is 10.4. The Morgan fingerprint density at radius 2 is 1.88 bits per heavy atom. The summed E-state index contributed by atoms with van der Waals surface area (Å²) in [5, 5.41) is 3.00. The van der Waals surface area contributed by atoms with Crippen molar-refractivity contribution < 1.29 is 14.3 Å². The number of hydrogen-bond donors (Lipinski definition) is 1. The molecule has 1 aliphatic heterocycles. The summed E-state index contributed by atoms with van der Waals surface area (Å²) in [6.45, 7) is 7.21. The molecule has 0 spiro atoms. The van der Waals surface area contributed by atoms with Crippen LogP contribution in [0.2, 0.25) is 0 Å². The number of rotatable bonds is 8. The van der Waals surface area contributed by atoms with Gasteiger partial charge in [-0.15, -0.1) is 0 Å². The van der Waals surface area contributed by atoms with Crippen LogP contribution >= 0.6 is 0 Å². The first-order valence-electron chi connectivity index (χ1n) is 8.55. The number of hydrogen-bond acceptors (Lipinski definition) is 5. The maximum Gasteiger partial charge on any atom is 0.246 e. The zero-order valence-electron chi connectivity index (χ0n) is 15.0. The van der Waals surface area contributed by atoms with Crippen molar-refractivity contribution in [3.05, 3.63) is 29.8 Å². The van der Waals surface area contributed by atoms with Crippen molar-refractivity contribution in [3.8, 4) is 5.75 Å². The van der Waals surface area contributed by atoms with Gasteiger partial charge in [-0.3, -0.25) is 9.69 Å². The van der Waals surface area contributed by atoms with Crippen molar-refractivity contribution >= 4 is 5.91 Å². The number of methoxy groups -OCH3 is 1. The Morgan fingerprint density at radius 3 is 2.46 bits per heavy atom. The third-order valence-electron chi connectivity index (χ3n) is 4.41. The number of carbonyl (C=O) groups is 1. The predicted molar refractivity (Wildman–Crippen MR) is 94.3 cm³/mol. The fourth-order valence-corrected chi connectivity index (χ4v) is 2.87. The van der Waals surface area contributed by atoms with Gasteiger partial charge in [-0.05, 0) is 31.7 Å². The van der Waals surface area contributed by atoms with Crippen molar-refractivity contribution in [1.82, 2.24) is 15.1 Å². The predicted octanol–water partition coefficient (Wildman–Crippen LogP) is 1.14. The molecule has 1 atom stereocenters. The highest BCUT2D eigenvalue weighted by Crippen LogP contribution is 2.23. The Hall–Kier alpha value is -1.63. The second kappa shape index (κ2) is 9.61. The Balaban J connectivity index is 2.04. The molecule has 6 heteroatoms. The minimum Gasteiger partial charge on any atom is -0.497 e. The fraction of sp³-hybridized carbons (Fsp3) is 0.611. The number of likely N-dealkylation sites (N-methyl/N-ethyl adjacent to an activating group) is 1. The van der Waals surface area contributed by atoms with Crippen molar-refractivity contribution in [2.24, 2.45) is 0 Å². The van der Waals surface area contributed by atoms with Gasteiger partial charge in [0.15, 0.2) is 0 Å². The maximum absolute atomic E-state index is 11.9. The number of piperazine rings is 1. The molecule has 0 bridgehead atoms. The second-order valence-electron chi connectivity index (χ2n) is 6.07. The lowest BCUT2D eigenvalue weighted by Gasteiger charge is -2.38. The van der Waals surface area contributed by atoms with Gasteiger partial charge in [0.2, 0.25) is 5.91 Å². The Labute approximate surface area is 144 Å². The molecule has 1 amide bonds. The van der Waals surface area contributed by atoms with Gasteiger partial charge in [0, 0.05) is 39.3 Å². The van der Waals surface area contributed by atoms with E-state index in [1.54, 1.807) is 7.11 Å². The van der Waals surface area contributed by atoms with Gasteiger partial charge in [0.1, 0.15) is 12.4 Å². The van der Waals surface area contributed by atoms with Gasteiger partial charge < -0.3 is 19.7 Å². The average molecular weight is 335 g/mol. The molecule has 1 saturated heterocycles. The van der Waals surface area contributed by atoms with E-state index < -0.39 is 0 Å². The van der Waals surface area contributed by atoms with E-state index in [1.807, 2.05) is 19.1 Å². The largest absolute Gasteiger partial charge is 0.497 e. The van der Waals surface area contributed by atoms with Crippen molar-refractivity contribution in [2.75, 3.05) is 60.1 Å². The molecule has 134 valence electrons. The molecule has 2 rings (SSSR count). The molecule has 0 radical (unpaired) electrons. The minimum atomic E-state index is -0.0653. The summed E-state index contributed by atoms with van der Waals surface area (Å²) in [5.74, 6) is 0.778. The molecular formula is C18H29N3O3. The number of ether oxygens (including phenoxy) is 2. The van der Waals surface area contributed by atoms with E-state index in [4.69, 9.17) is 9.47 Å². The van der Waals surface area contributed by atoms with Gasteiger partial charge in [-0.25, -0.2) is 0 Å². The Kier molecular flexibility index (Phi) is 7.49. The van der Waals surface area contributed by atoms with Crippen LogP contribution < -0.4 is 10.1 Å². The molecule has 1 unspecified atom stereocenters. The van der Waals surface area contributed by atoms with Gasteiger partial charge in [-0.2, -0.15) is 0 Å². The highest BCUT2D eigenvalue weighted by Gasteiger charge is 2.24. The maximum atomic E-state index is 11.9. The summed E-state index contributed by atoms with van der Waals surface area (Å²) in [4.78, 5) is 16.7. The quantitative estimate of drug-likeness (QED) is 0.772. The summed E-state index contributed by atoms with van der Waals surface area (Å²) in [5.41, 5.74) is 1.19. The SMILES string of the molecule is CCOCC(=O)NCC(c1ccc(OC)cc1)N1CCN(C)CC1. The molecule has 1 heterocycles. The monoisotopic (exact) mass is 335 g/mol. The lowest BCUT2D eigenvalue weighted by atomic mass is 10.0. The van der Waals surface area contributed by atoms with E-state index >= 15 is 0 Å². The molecule has 24 heavy (non-hydrogen) atoms. The van der Waals surface area contributed by atoms with E-state index in [2.05, 4.69) is 34.3 Å². The summed E-state index contributed by atoms with van der Waals surface area (Å²) in [6, 6.07) is 8.27. The first-order valence-corrected chi connectivity index (χ1v) is 8.55. The van der Waals surface area contributed by atoms with E-state index in [0.29, 0.717) is 13.2 Å². The van der Waals surface area contributed by atoms with E-state index in [9.17, 15) is 4.79 Å². The highest BCUT2D eigenvalue weighted by molar-refractivity contribution is 5.77. The number of nitrogens with zero attached hydrogens (tertiary/aromatic N) is 2. The smallest absolute Gasteiger partial charge is 0.246 e. The molecule has 1 aromatic carbocycles. The van der Waals surface area contributed by atoms with Crippen LogP contribution in [0.15, 0.2) is 24.3 Å². The molecule has 1 fully saturated rings. The standard InChI is InChI=1S/C18H29N3O3/c1-4-24-14-18(22)19-13-17(21-11-9-20(2)10-12-21)15-5-7-16(23-3)8-6-15/h5-8,17H,4,9-14H2,1-3H3,(H,19,22). The lowest BCUT2D eigenvalue weighted by molar-refractivity contribution is -0.125. The molecule has 1 N–H and O–H groups in total. The second-order valence-corrected chi connectivity index (χ2v) is 6.07. The first-order chi connectivity index (χ1) is 11.6. The Morgan fingerprint density at radius 1 is 1.21 bits per heavy atom. The molecule has 0 saturated carbocycles.